The van der Waals surface area contributed by atoms with Crippen LogP contribution >= 0.6 is 0 Å². The van der Waals surface area contributed by atoms with Crippen molar-refractivity contribution in [3.05, 3.63) is 59.9 Å². The summed E-state index contributed by atoms with van der Waals surface area (Å²) in [6.07, 6.45) is 5.61. The van der Waals surface area contributed by atoms with Gasteiger partial charge in [-0.2, -0.15) is 4.31 Å². The quantitative estimate of drug-likeness (QED) is 0.792. The molecule has 3 heterocycles. The van der Waals surface area contributed by atoms with Gasteiger partial charge in [0.2, 0.25) is 15.9 Å². The molecule has 2 fully saturated rings. The van der Waals surface area contributed by atoms with Gasteiger partial charge in [0.15, 0.2) is 0 Å². The van der Waals surface area contributed by atoms with Crippen molar-refractivity contribution in [1.29, 1.82) is 0 Å². The molecule has 1 aromatic carbocycles. The molecule has 2 saturated heterocycles. The zero-order chi connectivity index (χ0) is 19.8. The van der Waals surface area contributed by atoms with Gasteiger partial charge in [-0.3, -0.25) is 9.78 Å². The molecule has 7 heteroatoms. The number of aryl methyl sites for hydroxylation is 1. The first-order chi connectivity index (χ1) is 13.4. The fraction of sp³-hybridized carbons (Fsp3) is 0.429. The van der Waals surface area contributed by atoms with Crippen LogP contribution in [0.4, 0.5) is 0 Å². The van der Waals surface area contributed by atoms with E-state index in [1.54, 1.807) is 24.5 Å². The molecule has 1 spiro atoms. The summed E-state index contributed by atoms with van der Waals surface area (Å²) in [7, 11) is -3.59. The Morgan fingerprint density at radius 2 is 1.75 bits per heavy atom. The molecule has 1 atom stereocenters. The van der Waals surface area contributed by atoms with Gasteiger partial charge < -0.3 is 4.90 Å². The van der Waals surface area contributed by atoms with Gasteiger partial charge in [-0.15, -0.1) is 0 Å². The summed E-state index contributed by atoms with van der Waals surface area (Å²) in [5.74, 6) is 0.0770. The number of aromatic nitrogens is 1. The molecule has 0 bridgehead atoms. The number of carbonyl (C=O) groups is 1. The van der Waals surface area contributed by atoms with Crippen LogP contribution in [0.1, 0.15) is 30.4 Å². The SMILES string of the molecule is Cc1ccc(S(=O)(=O)N2CCCC3(CCN(Cc4ccncc4)C3=O)C2)cc1. The molecule has 0 radical (unpaired) electrons. The largest absolute Gasteiger partial charge is 0.338 e. The number of nitrogens with zero attached hydrogens (tertiary/aromatic N) is 3. The van der Waals surface area contributed by atoms with Crippen LogP contribution in [0.2, 0.25) is 0 Å². The second-order valence-electron chi connectivity index (χ2n) is 7.87. The number of carbonyl (C=O) groups excluding carboxylic acids is 1. The molecular formula is C21H25N3O3S. The molecule has 0 saturated carbocycles. The van der Waals surface area contributed by atoms with Crippen molar-refractivity contribution >= 4 is 15.9 Å². The summed E-state index contributed by atoms with van der Waals surface area (Å²) >= 11 is 0. The Morgan fingerprint density at radius 3 is 2.46 bits per heavy atom. The third-order valence-electron chi connectivity index (χ3n) is 5.92. The Hall–Kier alpha value is -2.25. The maximum Gasteiger partial charge on any atom is 0.243 e. The van der Waals surface area contributed by atoms with Gasteiger partial charge in [0.05, 0.1) is 10.3 Å². The molecule has 2 aliphatic rings. The minimum atomic E-state index is -3.59. The molecule has 0 N–H and O–H groups in total. The Balaban J connectivity index is 1.53. The highest BCUT2D eigenvalue weighted by Gasteiger charge is 2.50. The van der Waals surface area contributed by atoms with Crippen LogP contribution < -0.4 is 0 Å². The zero-order valence-electron chi connectivity index (χ0n) is 16.0. The van der Waals surface area contributed by atoms with Crippen molar-refractivity contribution in [2.45, 2.75) is 37.6 Å². The van der Waals surface area contributed by atoms with E-state index in [9.17, 15) is 13.2 Å². The van der Waals surface area contributed by atoms with Crippen LogP contribution in [0.5, 0.6) is 0 Å². The average Bonchev–Trinajstić information content (AvgIpc) is 2.99. The Bertz CT molecular complexity index is 960. The summed E-state index contributed by atoms with van der Waals surface area (Å²) in [6.45, 7) is 3.89. The summed E-state index contributed by atoms with van der Waals surface area (Å²) in [5, 5.41) is 0. The fourth-order valence-corrected chi connectivity index (χ4v) is 5.85. The van der Waals surface area contributed by atoms with Crippen LogP contribution in [-0.2, 0) is 21.4 Å². The number of pyridine rings is 1. The summed E-state index contributed by atoms with van der Waals surface area (Å²) in [5.41, 5.74) is 1.47. The van der Waals surface area contributed by atoms with E-state index in [1.807, 2.05) is 36.1 Å². The number of hydrogen-bond donors (Lipinski definition) is 0. The Morgan fingerprint density at radius 1 is 1.04 bits per heavy atom. The fourth-order valence-electron chi connectivity index (χ4n) is 4.28. The highest BCUT2D eigenvalue weighted by Crippen LogP contribution is 2.42. The van der Waals surface area contributed by atoms with E-state index in [0.717, 1.165) is 17.5 Å². The normalized spacial score (nSPS) is 23.5. The predicted molar refractivity (Wildman–Crippen MR) is 106 cm³/mol. The van der Waals surface area contributed by atoms with E-state index in [2.05, 4.69) is 4.98 Å². The second-order valence-corrected chi connectivity index (χ2v) is 9.81. The molecular weight excluding hydrogens is 374 g/mol. The molecule has 4 rings (SSSR count). The maximum atomic E-state index is 13.2. The van der Waals surface area contributed by atoms with Crippen molar-refractivity contribution in [2.24, 2.45) is 5.41 Å². The second kappa shape index (κ2) is 7.29. The zero-order valence-corrected chi connectivity index (χ0v) is 16.9. The van der Waals surface area contributed by atoms with Crippen molar-refractivity contribution in [1.82, 2.24) is 14.2 Å². The number of benzene rings is 1. The van der Waals surface area contributed by atoms with Crippen LogP contribution in [0.25, 0.3) is 0 Å². The van der Waals surface area contributed by atoms with Gasteiger partial charge in [-0.05, 0) is 56.0 Å². The van der Waals surface area contributed by atoms with E-state index < -0.39 is 15.4 Å². The van der Waals surface area contributed by atoms with E-state index in [1.165, 1.54) is 4.31 Å². The molecule has 6 nitrogen and oxygen atoms in total. The maximum absolute atomic E-state index is 13.2. The van der Waals surface area contributed by atoms with Crippen LogP contribution in [0.3, 0.4) is 0 Å². The number of hydrogen-bond acceptors (Lipinski definition) is 4. The molecule has 1 unspecified atom stereocenters. The lowest BCUT2D eigenvalue weighted by Gasteiger charge is -2.38. The van der Waals surface area contributed by atoms with Crippen LogP contribution in [0, 0.1) is 12.3 Å². The predicted octanol–water partition coefficient (Wildman–Crippen LogP) is 2.59. The van der Waals surface area contributed by atoms with Crippen LogP contribution in [0.15, 0.2) is 53.7 Å². The smallest absolute Gasteiger partial charge is 0.243 e. The number of amides is 1. The lowest BCUT2D eigenvalue weighted by Crippen LogP contribution is -2.49. The molecule has 2 aliphatic heterocycles. The van der Waals surface area contributed by atoms with Crippen molar-refractivity contribution in [3.8, 4) is 0 Å². The highest BCUT2D eigenvalue weighted by molar-refractivity contribution is 7.89. The monoisotopic (exact) mass is 399 g/mol. The minimum Gasteiger partial charge on any atom is -0.338 e. The molecule has 2 aromatic rings. The summed E-state index contributed by atoms with van der Waals surface area (Å²) in [4.78, 5) is 19.4. The van der Waals surface area contributed by atoms with E-state index >= 15 is 0 Å². The molecule has 148 valence electrons. The van der Waals surface area contributed by atoms with Gasteiger partial charge in [-0.25, -0.2) is 8.42 Å². The highest BCUT2D eigenvalue weighted by atomic mass is 32.2. The lowest BCUT2D eigenvalue weighted by atomic mass is 9.79. The van der Waals surface area contributed by atoms with Gasteiger partial charge in [-0.1, -0.05) is 17.7 Å². The summed E-state index contributed by atoms with van der Waals surface area (Å²) in [6, 6.07) is 10.7. The number of likely N-dealkylation sites (tertiary alicyclic amines) is 1. The third-order valence-corrected chi connectivity index (χ3v) is 7.78. The van der Waals surface area contributed by atoms with E-state index in [4.69, 9.17) is 0 Å². The Kier molecular flexibility index (Phi) is 4.97. The lowest BCUT2D eigenvalue weighted by molar-refractivity contribution is -0.138. The molecule has 1 aromatic heterocycles. The first-order valence-electron chi connectivity index (χ1n) is 9.66. The van der Waals surface area contributed by atoms with Gasteiger partial charge in [0.25, 0.3) is 0 Å². The number of piperidine rings is 1. The number of rotatable bonds is 4. The van der Waals surface area contributed by atoms with Gasteiger partial charge >= 0.3 is 0 Å². The topological polar surface area (TPSA) is 70.6 Å². The summed E-state index contributed by atoms with van der Waals surface area (Å²) < 4.78 is 27.7. The standard InChI is InChI=1S/C21H25N3O3S/c1-17-3-5-19(6-4-17)28(26,27)24-13-2-9-21(16-24)10-14-23(20(21)25)15-18-7-11-22-12-8-18/h3-8,11-12H,2,9-10,13-16H2,1H3. The third kappa shape index (κ3) is 3.44. The first kappa shape index (κ1) is 19.1. The van der Waals surface area contributed by atoms with Crippen molar-refractivity contribution in [3.63, 3.8) is 0 Å². The number of sulfonamides is 1. The molecule has 1 amide bonds. The van der Waals surface area contributed by atoms with E-state index in [0.29, 0.717) is 37.4 Å². The first-order valence-corrected chi connectivity index (χ1v) is 11.1. The van der Waals surface area contributed by atoms with Gasteiger partial charge in [0, 0.05) is 38.6 Å². The van der Waals surface area contributed by atoms with E-state index in [-0.39, 0.29) is 12.5 Å². The van der Waals surface area contributed by atoms with Crippen molar-refractivity contribution in [2.75, 3.05) is 19.6 Å². The minimum absolute atomic E-state index is 0.0770. The average molecular weight is 400 g/mol. The molecule has 28 heavy (non-hydrogen) atoms. The van der Waals surface area contributed by atoms with Gasteiger partial charge in [0.1, 0.15) is 0 Å². The van der Waals surface area contributed by atoms with Crippen molar-refractivity contribution < 1.29 is 13.2 Å². The molecule has 0 aliphatic carbocycles. The van der Waals surface area contributed by atoms with Crippen LogP contribution in [-0.4, -0.2) is 48.1 Å². The Labute approximate surface area is 166 Å².